The molecule has 178 valence electrons. The van der Waals surface area contributed by atoms with Gasteiger partial charge in [0.2, 0.25) is 0 Å². The number of quaternary nitrogens is 1. The number of carbonyl (C=O) groups is 3. The van der Waals surface area contributed by atoms with Crippen molar-refractivity contribution in [3.05, 3.63) is 34.9 Å². The van der Waals surface area contributed by atoms with E-state index in [4.69, 9.17) is 27.8 Å². The van der Waals surface area contributed by atoms with Gasteiger partial charge in [-0.15, -0.1) is 0 Å². The lowest BCUT2D eigenvalue weighted by Crippen LogP contribution is -2.70. The van der Waals surface area contributed by atoms with Gasteiger partial charge in [0.25, 0.3) is 0 Å². The van der Waals surface area contributed by atoms with Crippen LogP contribution in [0.3, 0.4) is 0 Å². The lowest BCUT2D eigenvalue weighted by Gasteiger charge is -2.42. The number of halogens is 1. The van der Waals surface area contributed by atoms with Crippen LogP contribution in [0.15, 0.2) is 24.3 Å². The molecule has 2 rings (SSSR count). The van der Waals surface area contributed by atoms with Crippen LogP contribution in [0.4, 0.5) is 0 Å². The third kappa shape index (κ3) is 6.07. The quantitative estimate of drug-likeness (QED) is 0.243. The maximum absolute atomic E-state index is 13.7. The van der Waals surface area contributed by atoms with Crippen LogP contribution in [-0.2, 0) is 25.5 Å². The Morgan fingerprint density at radius 2 is 1.91 bits per heavy atom. The van der Waals surface area contributed by atoms with Gasteiger partial charge in [0.05, 0.1) is 13.2 Å². The number of hydrogen-bond acceptors (Lipinski definition) is 6. The van der Waals surface area contributed by atoms with E-state index in [-0.39, 0.29) is 19.6 Å². The molecule has 1 saturated heterocycles. The van der Waals surface area contributed by atoms with Crippen LogP contribution in [-0.4, -0.2) is 65.3 Å². The fourth-order valence-corrected chi connectivity index (χ4v) is 4.84. The van der Waals surface area contributed by atoms with Crippen molar-refractivity contribution >= 4 is 29.4 Å². The first-order chi connectivity index (χ1) is 15.3. The number of carbonyl (C=O) groups excluding carboxylic acids is 2. The molecule has 32 heavy (non-hydrogen) atoms. The van der Waals surface area contributed by atoms with E-state index in [2.05, 4.69) is 0 Å². The number of ether oxygens (including phenoxy) is 1. The second-order valence-corrected chi connectivity index (χ2v) is 8.75. The van der Waals surface area contributed by atoms with Gasteiger partial charge in [-0.3, -0.25) is 0 Å². The first-order valence-corrected chi connectivity index (χ1v) is 11.7. The number of aliphatic carboxylic acids is 1. The third-order valence-electron chi connectivity index (χ3n) is 6.28. The Morgan fingerprint density at radius 1 is 1.22 bits per heavy atom. The van der Waals surface area contributed by atoms with E-state index in [0.29, 0.717) is 43.7 Å². The Kier molecular flexibility index (Phi) is 10.1. The second-order valence-electron chi connectivity index (χ2n) is 8.31. The summed E-state index contributed by atoms with van der Waals surface area (Å²) in [5.41, 5.74) is 12.7. The standard InChI is InChI=1S/C23H34ClN3O5/c1-2-32-23(31)20(13-10-16-8-11-17(24)12-9-16)27(15-5-7-19(27)22(29)30)21(28)18(26)6-3-4-14-25/h8-9,11-12,18-20H,2-7,10,13-15,25-26H2,1H3/p+1/t18-,19-,20?,27?/m0/s1. The maximum Gasteiger partial charge on any atom is 0.365 e. The highest BCUT2D eigenvalue weighted by Gasteiger charge is 2.60. The number of nitrogens with two attached hydrogens (primary N) is 2. The summed E-state index contributed by atoms with van der Waals surface area (Å²) in [6, 6.07) is 4.39. The van der Waals surface area contributed by atoms with E-state index in [1.807, 2.05) is 12.1 Å². The van der Waals surface area contributed by atoms with Crippen molar-refractivity contribution in [3.63, 3.8) is 0 Å². The highest BCUT2D eigenvalue weighted by molar-refractivity contribution is 6.30. The molecule has 1 fully saturated rings. The summed E-state index contributed by atoms with van der Waals surface area (Å²) in [7, 11) is 0. The number of carboxylic acid groups (broad SMARTS) is 1. The van der Waals surface area contributed by atoms with Gasteiger partial charge in [0, 0.05) is 24.3 Å². The molecule has 1 aromatic carbocycles. The zero-order valence-electron chi connectivity index (χ0n) is 18.7. The summed E-state index contributed by atoms with van der Waals surface area (Å²) < 4.78 is 4.85. The van der Waals surface area contributed by atoms with E-state index in [1.54, 1.807) is 19.1 Å². The summed E-state index contributed by atoms with van der Waals surface area (Å²) in [6.45, 7) is 2.58. The summed E-state index contributed by atoms with van der Waals surface area (Å²) in [4.78, 5) is 39.0. The van der Waals surface area contributed by atoms with Crippen molar-refractivity contribution in [2.45, 2.75) is 70.0 Å². The first-order valence-electron chi connectivity index (χ1n) is 11.3. The van der Waals surface area contributed by atoms with Crippen LogP contribution < -0.4 is 11.5 Å². The molecule has 0 aromatic heterocycles. The van der Waals surface area contributed by atoms with Crippen LogP contribution in [0.25, 0.3) is 0 Å². The number of amides is 1. The van der Waals surface area contributed by atoms with E-state index >= 15 is 0 Å². The van der Waals surface area contributed by atoms with Gasteiger partial charge in [-0.1, -0.05) is 23.7 Å². The highest BCUT2D eigenvalue weighted by Crippen LogP contribution is 2.35. The molecular weight excluding hydrogens is 434 g/mol. The zero-order chi connectivity index (χ0) is 23.7. The van der Waals surface area contributed by atoms with Crippen molar-refractivity contribution in [2.24, 2.45) is 11.5 Å². The fourth-order valence-electron chi connectivity index (χ4n) is 4.71. The number of hydrogen-bond donors (Lipinski definition) is 3. The number of nitrogens with zero attached hydrogens (tertiary/aromatic N) is 1. The SMILES string of the molecule is CCOC(=O)C(CCc1ccc(Cl)cc1)[N+]1(C(=O)[C@@H](N)CCCCN)CCC[C@H]1C(=O)O. The van der Waals surface area contributed by atoms with Crippen molar-refractivity contribution in [2.75, 3.05) is 19.7 Å². The van der Waals surface area contributed by atoms with E-state index < -0.39 is 40.5 Å². The Bertz CT molecular complexity index is 788. The molecular formula is C23H35ClN3O5+. The van der Waals surface area contributed by atoms with Crippen LogP contribution in [0.5, 0.6) is 0 Å². The van der Waals surface area contributed by atoms with Gasteiger partial charge in [0.15, 0.2) is 12.1 Å². The molecule has 1 aliphatic heterocycles. The van der Waals surface area contributed by atoms with Gasteiger partial charge in [-0.2, -0.15) is 0 Å². The first kappa shape index (κ1) is 26.3. The van der Waals surface area contributed by atoms with Crippen LogP contribution in [0, 0.1) is 0 Å². The van der Waals surface area contributed by atoms with Gasteiger partial charge < -0.3 is 21.3 Å². The molecule has 2 unspecified atom stereocenters. The van der Waals surface area contributed by atoms with Gasteiger partial charge in [0.1, 0.15) is 6.04 Å². The summed E-state index contributed by atoms with van der Waals surface area (Å²) in [6.07, 6.45) is 3.36. The maximum atomic E-state index is 13.7. The number of esters is 1. The van der Waals surface area contributed by atoms with E-state index in [0.717, 1.165) is 12.0 Å². The Morgan fingerprint density at radius 3 is 2.50 bits per heavy atom. The third-order valence-corrected chi connectivity index (χ3v) is 6.53. The monoisotopic (exact) mass is 468 g/mol. The lowest BCUT2D eigenvalue weighted by atomic mass is 9.97. The molecule has 1 aliphatic rings. The highest BCUT2D eigenvalue weighted by atomic mass is 35.5. The molecule has 0 bridgehead atoms. The second kappa shape index (κ2) is 12.3. The summed E-state index contributed by atoms with van der Waals surface area (Å²) >= 11 is 5.97. The molecule has 5 N–H and O–H groups in total. The minimum atomic E-state index is -1.09. The average molecular weight is 469 g/mol. The lowest BCUT2D eigenvalue weighted by molar-refractivity contribution is -0.875. The summed E-state index contributed by atoms with van der Waals surface area (Å²) in [5.74, 6) is -2.05. The molecule has 0 spiro atoms. The van der Waals surface area contributed by atoms with Crippen molar-refractivity contribution in [1.82, 2.24) is 0 Å². The number of aryl methyl sites for hydroxylation is 1. The van der Waals surface area contributed by atoms with Gasteiger partial charge in [-0.05, 0) is 56.8 Å². The minimum Gasteiger partial charge on any atom is -0.477 e. The largest absolute Gasteiger partial charge is 0.477 e. The Balaban J connectivity index is 2.41. The Labute approximate surface area is 194 Å². The van der Waals surface area contributed by atoms with Crippen LogP contribution in [0.2, 0.25) is 5.02 Å². The predicted molar refractivity (Wildman–Crippen MR) is 122 cm³/mol. The van der Waals surface area contributed by atoms with Crippen molar-refractivity contribution in [1.29, 1.82) is 0 Å². The molecule has 1 amide bonds. The molecule has 0 aliphatic carbocycles. The molecule has 9 heteroatoms. The van der Waals surface area contributed by atoms with Gasteiger partial charge >= 0.3 is 17.8 Å². The van der Waals surface area contributed by atoms with Crippen LogP contribution >= 0.6 is 11.6 Å². The van der Waals surface area contributed by atoms with Crippen molar-refractivity contribution < 1.29 is 28.7 Å². The van der Waals surface area contributed by atoms with Gasteiger partial charge in [-0.25, -0.2) is 18.9 Å². The summed E-state index contributed by atoms with van der Waals surface area (Å²) in [5, 5.41) is 10.6. The smallest absolute Gasteiger partial charge is 0.365 e. The van der Waals surface area contributed by atoms with E-state index in [1.165, 1.54) is 0 Å². The van der Waals surface area contributed by atoms with E-state index in [9.17, 15) is 19.5 Å². The normalized spacial score (nSPS) is 22.3. The fraction of sp³-hybridized carbons (Fsp3) is 0.609. The number of carboxylic acids is 1. The molecule has 1 heterocycles. The Hall–Kier alpha value is -2.00. The predicted octanol–water partition coefficient (Wildman–Crippen LogP) is 2.25. The average Bonchev–Trinajstić information content (AvgIpc) is 3.21. The molecule has 0 saturated carbocycles. The number of rotatable bonds is 12. The molecule has 1 aromatic rings. The minimum absolute atomic E-state index is 0.144. The molecule has 8 nitrogen and oxygen atoms in total. The molecule has 4 atom stereocenters. The number of benzene rings is 1. The zero-order valence-corrected chi connectivity index (χ0v) is 19.4. The number of likely N-dealkylation sites (tertiary alicyclic amines) is 1. The van der Waals surface area contributed by atoms with Crippen LogP contribution in [0.1, 0.15) is 51.0 Å². The molecule has 0 radical (unpaired) electrons. The number of unbranched alkanes of at least 4 members (excludes halogenated alkanes) is 1. The topological polar surface area (TPSA) is 133 Å². The van der Waals surface area contributed by atoms with Crippen molar-refractivity contribution in [3.8, 4) is 0 Å².